The number of carbonyl (C=O) groups is 1. The average Bonchev–Trinajstić information content (AvgIpc) is 3.32. The van der Waals surface area contributed by atoms with Crippen LogP contribution >= 0.6 is 0 Å². The molecule has 5 nitrogen and oxygen atoms in total. The van der Waals surface area contributed by atoms with Crippen molar-refractivity contribution in [3.8, 4) is 0 Å². The molecule has 1 amide bonds. The number of likely N-dealkylation sites (tertiary alicyclic amines) is 1. The van der Waals surface area contributed by atoms with Crippen molar-refractivity contribution in [2.75, 3.05) is 19.6 Å². The fourth-order valence-electron chi connectivity index (χ4n) is 4.10. The molecule has 2 aromatic rings. The molecular weight excluding hydrogens is 312 g/mol. The second-order valence-electron chi connectivity index (χ2n) is 7.25. The summed E-state index contributed by atoms with van der Waals surface area (Å²) in [5, 5.41) is 8.01. The van der Waals surface area contributed by atoms with Crippen molar-refractivity contribution in [2.45, 2.75) is 44.7 Å². The van der Waals surface area contributed by atoms with E-state index in [0.29, 0.717) is 11.7 Å². The summed E-state index contributed by atoms with van der Waals surface area (Å²) < 4.78 is 1.97. The van der Waals surface area contributed by atoms with Crippen LogP contribution in [0, 0.1) is 6.92 Å². The third kappa shape index (κ3) is 3.33. The first kappa shape index (κ1) is 16.3. The van der Waals surface area contributed by atoms with Crippen molar-refractivity contribution in [3.05, 3.63) is 53.3 Å². The van der Waals surface area contributed by atoms with E-state index in [-0.39, 0.29) is 11.9 Å². The summed E-state index contributed by atoms with van der Waals surface area (Å²) in [7, 11) is 0. The minimum Gasteiger partial charge on any atom is -0.330 e. The molecule has 0 saturated carbocycles. The van der Waals surface area contributed by atoms with Crippen LogP contribution in [0.5, 0.6) is 0 Å². The number of benzene rings is 1. The molecule has 0 spiro atoms. The largest absolute Gasteiger partial charge is 0.330 e. The van der Waals surface area contributed by atoms with Gasteiger partial charge in [0.1, 0.15) is 5.69 Å². The predicted octanol–water partition coefficient (Wildman–Crippen LogP) is 3.09. The lowest BCUT2D eigenvalue weighted by molar-refractivity contribution is 0.0728. The van der Waals surface area contributed by atoms with E-state index in [4.69, 9.17) is 0 Å². The molecule has 25 heavy (non-hydrogen) atoms. The molecule has 2 aliphatic heterocycles. The Kier molecular flexibility index (Phi) is 4.57. The molecule has 2 atom stereocenters. The molecule has 132 valence electrons. The molecule has 1 N–H and O–H groups in total. The maximum Gasteiger partial charge on any atom is 0.274 e. The van der Waals surface area contributed by atoms with Gasteiger partial charge in [0.15, 0.2) is 0 Å². The van der Waals surface area contributed by atoms with Gasteiger partial charge in [-0.1, -0.05) is 29.8 Å². The van der Waals surface area contributed by atoms with Crippen LogP contribution in [0.1, 0.15) is 59.4 Å². The van der Waals surface area contributed by atoms with Crippen molar-refractivity contribution < 1.29 is 4.79 Å². The molecule has 2 aliphatic rings. The summed E-state index contributed by atoms with van der Waals surface area (Å²) in [6, 6.07) is 10.9. The smallest absolute Gasteiger partial charge is 0.274 e. The Hall–Kier alpha value is -2.14. The normalized spacial score (nSPS) is 23.8. The van der Waals surface area contributed by atoms with E-state index in [2.05, 4.69) is 41.6 Å². The van der Waals surface area contributed by atoms with Crippen molar-refractivity contribution in [2.24, 2.45) is 0 Å². The van der Waals surface area contributed by atoms with Gasteiger partial charge >= 0.3 is 0 Å². The molecule has 1 aromatic carbocycles. The predicted molar refractivity (Wildman–Crippen MR) is 97.6 cm³/mol. The van der Waals surface area contributed by atoms with Gasteiger partial charge in [-0.2, -0.15) is 5.10 Å². The van der Waals surface area contributed by atoms with Gasteiger partial charge in [0.2, 0.25) is 0 Å². The zero-order chi connectivity index (χ0) is 17.2. The summed E-state index contributed by atoms with van der Waals surface area (Å²) >= 11 is 0. The Morgan fingerprint density at radius 1 is 1.24 bits per heavy atom. The van der Waals surface area contributed by atoms with Gasteiger partial charge in [-0.05, 0) is 50.8 Å². The Balaban J connectivity index is 1.52. The molecule has 0 aliphatic carbocycles. The second-order valence-corrected chi connectivity index (χ2v) is 7.25. The topological polar surface area (TPSA) is 50.2 Å². The third-order valence-corrected chi connectivity index (χ3v) is 5.41. The molecule has 2 fully saturated rings. The number of rotatable bonds is 3. The van der Waals surface area contributed by atoms with Gasteiger partial charge in [0, 0.05) is 19.3 Å². The van der Waals surface area contributed by atoms with Crippen molar-refractivity contribution in [1.82, 2.24) is 20.0 Å². The summed E-state index contributed by atoms with van der Waals surface area (Å²) in [6.45, 7) is 4.93. The van der Waals surface area contributed by atoms with Gasteiger partial charge in [0.25, 0.3) is 5.91 Å². The molecule has 0 radical (unpaired) electrons. The van der Waals surface area contributed by atoms with Gasteiger partial charge < -0.3 is 10.2 Å². The highest BCUT2D eigenvalue weighted by molar-refractivity contribution is 5.92. The first-order chi connectivity index (χ1) is 12.2. The Morgan fingerprint density at radius 3 is 2.96 bits per heavy atom. The fourth-order valence-corrected chi connectivity index (χ4v) is 4.10. The Morgan fingerprint density at radius 2 is 2.16 bits per heavy atom. The monoisotopic (exact) mass is 338 g/mol. The van der Waals surface area contributed by atoms with Crippen molar-refractivity contribution in [3.63, 3.8) is 0 Å². The Bertz CT molecular complexity index is 748. The standard InChI is InChI=1S/C20H26N4O/c1-15-5-2-6-16(13-15)19-8-4-11-23(19)20(25)18-9-12-24(22-18)17-7-3-10-21-14-17/h2,5-6,9,12-13,17,19,21H,3-4,7-8,10-11,14H2,1H3. The highest BCUT2D eigenvalue weighted by Gasteiger charge is 2.32. The van der Waals surface area contributed by atoms with Crippen LogP contribution in [0.15, 0.2) is 36.5 Å². The van der Waals surface area contributed by atoms with E-state index in [1.807, 2.05) is 21.8 Å². The van der Waals surface area contributed by atoms with Crippen LogP contribution in [0.2, 0.25) is 0 Å². The van der Waals surface area contributed by atoms with Crippen LogP contribution in [0.3, 0.4) is 0 Å². The van der Waals surface area contributed by atoms with Crippen LogP contribution in [-0.2, 0) is 0 Å². The van der Waals surface area contributed by atoms with Crippen LogP contribution < -0.4 is 5.32 Å². The number of nitrogens with zero attached hydrogens (tertiary/aromatic N) is 3. The molecule has 2 unspecified atom stereocenters. The maximum absolute atomic E-state index is 13.0. The third-order valence-electron chi connectivity index (χ3n) is 5.41. The van der Waals surface area contributed by atoms with E-state index in [0.717, 1.165) is 45.3 Å². The molecule has 0 bridgehead atoms. The maximum atomic E-state index is 13.0. The number of aryl methyl sites for hydroxylation is 1. The molecular formula is C20H26N4O. The highest BCUT2D eigenvalue weighted by atomic mass is 16.2. The van der Waals surface area contributed by atoms with E-state index in [1.54, 1.807) is 0 Å². The van der Waals surface area contributed by atoms with E-state index < -0.39 is 0 Å². The number of hydrogen-bond acceptors (Lipinski definition) is 3. The zero-order valence-electron chi connectivity index (χ0n) is 14.8. The quantitative estimate of drug-likeness (QED) is 0.936. The van der Waals surface area contributed by atoms with E-state index in [9.17, 15) is 4.79 Å². The lowest BCUT2D eigenvalue weighted by Crippen LogP contribution is -2.33. The average molecular weight is 338 g/mol. The summed E-state index contributed by atoms with van der Waals surface area (Å²) in [5.41, 5.74) is 3.05. The minimum absolute atomic E-state index is 0.0616. The lowest BCUT2D eigenvalue weighted by atomic mass is 10.0. The van der Waals surface area contributed by atoms with Crippen LogP contribution in [-0.4, -0.2) is 40.2 Å². The number of amides is 1. The first-order valence-electron chi connectivity index (χ1n) is 9.36. The summed E-state index contributed by atoms with van der Waals surface area (Å²) in [5.74, 6) is 0.0616. The van der Waals surface area contributed by atoms with Gasteiger partial charge in [0.05, 0.1) is 12.1 Å². The van der Waals surface area contributed by atoms with Gasteiger partial charge in [-0.25, -0.2) is 0 Å². The van der Waals surface area contributed by atoms with Crippen LogP contribution in [0.25, 0.3) is 0 Å². The molecule has 2 saturated heterocycles. The SMILES string of the molecule is Cc1cccc(C2CCCN2C(=O)c2ccn(C3CCCNC3)n2)c1. The number of nitrogens with one attached hydrogen (secondary N) is 1. The molecule has 3 heterocycles. The molecule has 1 aromatic heterocycles. The minimum atomic E-state index is 0.0616. The highest BCUT2D eigenvalue weighted by Crippen LogP contribution is 2.33. The molecule has 5 heteroatoms. The first-order valence-corrected chi connectivity index (χ1v) is 9.36. The Labute approximate surface area is 149 Å². The summed E-state index contributed by atoms with van der Waals surface area (Å²) in [6.07, 6.45) is 6.33. The van der Waals surface area contributed by atoms with E-state index in [1.165, 1.54) is 11.1 Å². The number of piperidine rings is 1. The van der Waals surface area contributed by atoms with Crippen LogP contribution in [0.4, 0.5) is 0 Å². The lowest BCUT2D eigenvalue weighted by Gasteiger charge is -2.25. The van der Waals surface area contributed by atoms with Crippen molar-refractivity contribution in [1.29, 1.82) is 0 Å². The van der Waals surface area contributed by atoms with Gasteiger partial charge in [-0.15, -0.1) is 0 Å². The number of carbonyl (C=O) groups excluding carboxylic acids is 1. The van der Waals surface area contributed by atoms with Gasteiger partial charge in [-0.3, -0.25) is 9.48 Å². The second kappa shape index (κ2) is 7.00. The fraction of sp³-hybridized carbons (Fsp3) is 0.500. The zero-order valence-corrected chi connectivity index (χ0v) is 14.8. The number of hydrogen-bond donors (Lipinski definition) is 1. The number of aromatic nitrogens is 2. The summed E-state index contributed by atoms with van der Waals surface area (Å²) in [4.78, 5) is 15.0. The van der Waals surface area contributed by atoms with Crippen molar-refractivity contribution >= 4 is 5.91 Å². The van der Waals surface area contributed by atoms with E-state index >= 15 is 0 Å². The molecule has 4 rings (SSSR count).